The van der Waals surface area contributed by atoms with Gasteiger partial charge in [0, 0.05) is 30.5 Å². The maximum atomic E-state index is 12.8. The Morgan fingerprint density at radius 3 is 2.59 bits per heavy atom. The van der Waals surface area contributed by atoms with Crippen molar-refractivity contribution < 1.29 is 25.8 Å². The van der Waals surface area contributed by atoms with Crippen molar-refractivity contribution in [1.29, 1.82) is 0 Å². The summed E-state index contributed by atoms with van der Waals surface area (Å²) in [6.07, 6.45) is 4.25. The van der Waals surface area contributed by atoms with Gasteiger partial charge in [0.2, 0.25) is 0 Å². The molecule has 4 unspecified atom stereocenters. The zero-order chi connectivity index (χ0) is 22.7. The van der Waals surface area contributed by atoms with E-state index in [1.54, 1.807) is 12.1 Å². The molecule has 0 bridgehead atoms. The van der Waals surface area contributed by atoms with Gasteiger partial charge in [-0.15, -0.1) is 0 Å². The predicted octanol–water partition coefficient (Wildman–Crippen LogP) is 5.34. The minimum absolute atomic E-state index is 0.110. The molecule has 32 heavy (non-hydrogen) atoms. The smallest absolute Gasteiger partial charge is 0.376 e. The van der Waals surface area contributed by atoms with Crippen LogP contribution in [-0.4, -0.2) is 31.4 Å². The van der Waals surface area contributed by atoms with Gasteiger partial charge in [-0.2, -0.15) is 21.6 Å². The van der Waals surface area contributed by atoms with E-state index in [2.05, 4.69) is 28.1 Å². The van der Waals surface area contributed by atoms with Crippen LogP contribution in [0.25, 0.3) is 0 Å². The summed E-state index contributed by atoms with van der Waals surface area (Å²) in [5, 5.41) is 0. The summed E-state index contributed by atoms with van der Waals surface area (Å²) >= 11 is 0. The number of rotatable bonds is 4. The monoisotopic (exact) mass is 465 g/mol. The minimum atomic E-state index is -5.68. The highest BCUT2D eigenvalue weighted by molar-refractivity contribution is 7.88. The maximum absolute atomic E-state index is 12.8. The number of likely N-dealkylation sites (tertiary alicyclic amines) is 1. The molecule has 0 N–H and O–H groups in total. The summed E-state index contributed by atoms with van der Waals surface area (Å²) in [7, 11) is -5.68. The highest BCUT2D eigenvalue weighted by Crippen LogP contribution is 2.65. The van der Waals surface area contributed by atoms with E-state index in [9.17, 15) is 21.6 Å². The third-order valence-corrected chi connectivity index (χ3v) is 8.81. The van der Waals surface area contributed by atoms with Gasteiger partial charge in [-0.3, -0.25) is 4.90 Å². The molecule has 1 heterocycles. The Balaban J connectivity index is 1.48. The lowest BCUT2D eigenvalue weighted by atomic mass is 9.44. The van der Waals surface area contributed by atoms with Crippen LogP contribution in [0.4, 0.5) is 13.2 Å². The van der Waals surface area contributed by atoms with E-state index in [1.165, 1.54) is 11.6 Å². The number of hydrogen-bond donors (Lipinski definition) is 0. The Morgan fingerprint density at radius 1 is 1.12 bits per heavy atom. The molecule has 5 rings (SSSR count). The molecule has 1 aliphatic heterocycles. The fraction of sp³-hybridized carbons (Fsp3) is 0.500. The molecule has 172 valence electrons. The Hall–Kier alpha value is -2.06. The third kappa shape index (κ3) is 3.25. The Morgan fingerprint density at radius 2 is 1.88 bits per heavy atom. The van der Waals surface area contributed by atoms with E-state index in [4.69, 9.17) is 0 Å². The third-order valence-electron chi connectivity index (χ3n) is 7.83. The number of alkyl halides is 3. The lowest BCUT2D eigenvalue weighted by molar-refractivity contribution is -0.0500. The van der Waals surface area contributed by atoms with E-state index in [-0.39, 0.29) is 11.2 Å². The number of benzene rings is 2. The molecule has 0 radical (unpaired) electrons. The minimum Gasteiger partial charge on any atom is -0.376 e. The van der Waals surface area contributed by atoms with Crippen molar-refractivity contribution in [3.8, 4) is 5.75 Å². The Labute approximate surface area is 186 Å². The molecule has 0 aromatic heterocycles. The molecule has 2 aliphatic carbocycles. The van der Waals surface area contributed by atoms with Gasteiger partial charge in [-0.25, -0.2) is 0 Å². The van der Waals surface area contributed by atoms with Gasteiger partial charge in [0.1, 0.15) is 5.75 Å². The van der Waals surface area contributed by atoms with E-state index in [1.807, 2.05) is 18.2 Å². The summed E-state index contributed by atoms with van der Waals surface area (Å²) in [4.78, 5) is 2.52. The van der Waals surface area contributed by atoms with Gasteiger partial charge in [-0.1, -0.05) is 49.2 Å². The molecule has 2 aromatic carbocycles. The second-order valence-electron chi connectivity index (χ2n) is 9.33. The Kier molecular flexibility index (Phi) is 5.09. The first-order valence-electron chi connectivity index (χ1n) is 11.1. The molecular formula is C24H26F3NO3S. The first-order chi connectivity index (χ1) is 15.1. The van der Waals surface area contributed by atoms with Crippen LogP contribution in [0.2, 0.25) is 0 Å². The van der Waals surface area contributed by atoms with Crippen LogP contribution in [0.3, 0.4) is 0 Å². The van der Waals surface area contributed by atoms with Gasteiger partial charge < -0.3 is 4.18 Å². The largest absolute Gasteiger partial charge is 0.534 e. The normalized spacial score (nSPS) is 29.9. The van der Waals surface area contributed by atoms with Crippen molar-refractivity contribution in [3.05, 3.63) is 65.2 Å². The van der Waals surface area contributed by atoms with Crippen LogP contribution in [-0.2, 0) is 22.1 Å². The Bertz CT molecular complexity index is 1120. The van der Waals surface area contributed by atoms with Gasteiger partial charge >= 0.3 is 15.6 Å². The zero-order valence-electron chi connectivity index (χ0n) is 17.8. The fourth-order valence-electron chi connectivity index (χ4n) is 6.46. The number of nitrogens with zero attached hydrogens (tertiary/aromatic N) is 1. The molecule has 1 saturated heterocycles. The van der Waals surface area contributed by atoms with Gasteiger partial charge in [-0.05, 0) is 54.5 Å². The first kappa shape index (κ1) is 21.8. The van der Waals surface area contributed by atoms with E-state index in [0.717, 1.165) is 49.9 Å². The molecule has 4 atom stereocenters. The summed E-state index contributed by atoms with van der Waals surface area (Å²) in [6.45, 7) is 4.01. The van der Waals surface area contributed by atoms with Crippen LogP contribution < -0.4 is 4.18 Å². The maximum Gasteiger partial charge on any atom is 0.534 e. The van der Waals surface area contributed by atoms with E-state index in [0.29, 0.717) is 17.9 Å². The highest BCUT2D eigenvalue weighted by Gasteiger charge is 2.61. The van der Waals surface area contributed by atoms with E-state index < -0.39 is 15.6 Å². The lowest BCUT2D eigenvalue weighted by Crippen LogP contribution is -2.64. The van der Waals surface area contributed by atoms with Gasteiger partial charge in [0.25, 0.3) is 0 Å². The SMILES string of the molecule is CC1C2CCCCC23c2cc(OS(=O)(=O)C(F)(F)F)ccc2C3CN1Cc1ccccc1. The molecule has 2 fully saturated rings. The molecular weight excluding hydrogens is 439 g/mol. The summed E-state index contributed by atoms with van der Waals surface area (Å²) in [6, 6.07) is 15.4. The van der Waals surface area contributed by atoms with Crippen molar-refractivity contribution in [1.82, 2.24) is 4.90 Å². The quantitative estimate of drug-likeness (QED) is 0.452. The topological polar surface area (TPSA) is 46.6 Å². The predicted molar refractivity (Wildman–Crippen MR) is 115 cm³/mol. The second-order valence-corrected chi connectivity index (χ2v) is 10.9. The van der Waals surface area contributed by atoms with Crippen molar-refractivity contribution in [3.63, 3.8) is 0 Å². The second kappa shape index (κ2) is 7.48. The van der Waals surface area contributed by atoms with Crippen molar-refractivity contribution >= 4 is 10.1 Å². The van der Waals surface area contributed by atoms with Crippen molar-refractivity contribution in [2.24, 2.45) is 5.92 Å². The van der Waals surface area contributed by atoms with Crippen LogP contribution in [0.1, 0.15) is 55.2 Å². The first-order valence-corrected chi connectivity index (χ1v) is 12.5. The molecule has 3 aliphatic rings. The van der Waals surface area contributed by atoms with Crippen LogP contribution in [0.5, 0.6) is 5.75 Å². The standard InChI is InChI=1S/C24H26F3NO3S/c1-16-20-9-5-6-12-23(20)21-13-18(31-32(29,30)24(25,26)27)10-11-19(21)22(23)15-28(16)14-17-7-3-2-4-8-17/h2-4,7-8,10-11,13,16,20,22H,5-6,9,12,14-15H2,1H3. The fourth-order valence-corrected chi connectivity index (χ4v) is 6.91. The summed E-state index contributed by atoms with van der Waals surface area (Å²) < 4.78 is 65.9. The molecule has 2 aromatic rings. The number of fused-ring (bicyclic) bond motifs is 2. The highest BCUT2D eigenvalue weighted by atomic mass is 32.2. The van der Waals surface area contributed by atoms with Crippen molar-refractivity contribution in [2.75, 3.05) is 6.54 Å². The number of hydrogen-bond acceptors (Lipinski definition) is 4. The van der Waals surface area contributed by atoms with Crippen molar-refractivity contribution in [2.45, 2.75) is 62.0 Å². The molecule has 4 nitrogen and oxygen atoms in total. The number of halogens is 3. The molecule has 0 amide bonds. The van der Waals surface area contributed by atoms with Gasteiger partial charge in [0.05, 0.1) is 0 Å². The van der Waals surface area contributed by atoms with Crippen LogP contribution in [0.15, 0.2) is 48.5 Å². The molecule has 8 heteroatoms. The van der Waals surface area contributed by atoms with Crippen LogP contribution >= 0.6 is 0 Å². The summed E-state index contributed by atoms with van der Waals surface area (Å²) in [5.74, 6) is 0.425. The average Bonchev–Trinajstić information content (AvgIpc) is 2.75. The average molecular weight is 466 g/mol. The number of piperidine rings is 1. The molecule has 1 saturated carbocycles. The van der Waals surface area contributed by atoms with E-state index >= 15 is 0 Å². The summed E-state index contributed by atoms with van der Waals surface area (Å²) in [5.41, 5.74) is -2.20. The molecule has 1 spiro atoms. The zero-order valence-corrected chi connectivity index (χ0v) is 18.6. The van der Waals surface area contributed by atoms with Crippen LogP contribution in [0, 0.1) is 5.92 Å². The van der Waals surface area contributed by atoms with Gasteiger partial charge in [0.15, 0.2) is 0 Å². The lowest BCUT2D eigenvalue weighted by Gasteiger charge is -2.65.